The number of hydrogen-bond donors (Lipinski definition) is 1. The Morgan fingerprint density at radius 2 is 2.03 bits per heavy atom. The minimum atomic E-state index is -4.23. The van der Waals surface area contributed by atoms with Crippen LogP contribution in [-0.4, -0.2) is 38.2 Å². The van der Waals surface area contributed by atoms with Gasteiger partial charge in [-0.15, -0.1) is 11.3 Å². The molecule has 10 heteroatoms. The number of benzene rings is 2. The Kier molecular flexibility index (Phi) is 7.24. The van der Waals surface area contributed by atoms with Crippen LogP contribution in [0, 0.1) is 0 Å². The SMILES string of the molecule is COc1ccc(C=NNC(=O)c2csc3ccccc23)cc1COCC(F)(F)C(F)F. The van der Waals surface area contributed by atoms with Crippen molar-refractivity contribution in [2.24, 2.45) is 5.10 Å². The Hall–Kier alpha value is -2.98. The van der Waals surface area contributed by atoms with Gasteiger partial charge in [-0.3, -0.25) is 4.79 Å². The van der Waals surface area contributed by atoms with Crippen molar-refractivity contribution in [2.75, 3.05) is 13.7 Å². The van der Waals surface area contributed by atoms with Crippen LogP contribution in [0.25, 0.3) is 10.1 Å². The first kappa shape index (κ1) is 22.7. The van der Waals surface area contributed by atoms with Gasteiger partial charge in [-0.2, -0.15) is 13.9 Å². The maximum absolute atomic E-state index is 13.0. The van der Waals surface area contributed by atoms with Gasteiger partial charge in [0.1, 0.15) is 12.4 Å². The minimum Gasteiger partial charge on any atom is -0.496 e. The van der Waals surface area contributed by atoms with Gasteiger partial charge in [-0.1, -0.05) is 18.2 Å². The van der Waals surface area contributed by atoms with Crippen molar-refractivity contribution in [3.05, 3.63) is 64.5 Å². The lowest BCUT2D eigenvalue weighted by Crippen LogP contribution is -2.32. The second-order valence-corrected chi connectivity index (χ2v) is 7.38. The van der Waals surface area contributed by atoms with Crippen LogP contribution in [0.15, 0.2) is 52.9 Å². The summed E-state index contributed by atoms with van der Waals surface area (Å²) in [7, 11) is 1.38. The van der Waals surface area contributed by atoms with Gasteiger partial charge < -0.3 is 9.47 Å². The molecule has 3 aromatic rings. The molecule has 164 valence electrons. The van der Waals surface area contributed by atoms with Crippen LogP contribution in [0.5, 0.6) is 5.75 Å². The number of hydrogen-bond acceptors (Lipinski definition) is 5. The topological polar surface area (TPSA) is 59.9 Å². The fourth-order valence-corrected chi connectivity index (χ4v) is 3.67. The number of nitrogens with one attached hydrogen (secondary N) is 1. The number of fused-ring (bicyclic) bond motifs is 1. The average molecular weight is 454 g/mol. The molecule has 0 radical (unpaired) electrons. The highest BCUT2D eigenvalue weighted by Gasteiger charge is 2.41. The molecule has 3 rings (SSSR count). The van der Waals surface area contributed by atoms with Gasteiger partial charge in [-0.25, -0.2) is 14.2 Å². The number of rotatable bonds is 9. The fraction of sp³-hybridized carbons (Fsp3) is 0.238. The van der Waals surface area contributed by atoms with E-state index >= 15 is 0 Å². The predicted octanol–water partition coefficient (Wildman–Crippen LogP) is 5.09. The molecule has 0 spiro atoms. The summed E-state index contributed by atoms with van der Waals surface area (Å²) in [4.78, 5) is 12.4. The Morgan fingerprint density at radius 3 is 2.77 bits per heavy atom. The molecule has 0 saturated carbocycles. The Bertz CT molecular complexity index is 1090. The van der Waals surface area contributed by atoms with Gasteiger partial charge in [0.15, 0.2) is 0 Å². The molecule has 1 heterocycles. The van der Waals surface area contributed by atoms with E-state index in [1.807, 2.05) is 24.3 Å². The van der Waals surface area contributed by atoms with Gasteiger partial charge in [-0.05, 0) is 29.8 Å². The number of halogens is 4. The van der Waals surface area contributed by atoms with E-state index < -0.39 is 19.0 Å². The molecule has 0 aliphatic rings. The van der Waals surface area contributed by atoms with Crippen LogP contribution in [0.4, 0.5) is 17.6 Å². The molecule has 1 aromatic heterocycles. The molecule has 0 bridgehead atoms. The Labute approximate surface area is 179 Å². The number of nitrogens with zero attached hydrogens (tertiary/aromatic N) is 1. The minimum absolute atomic E-state index is 0.339. The number of carbonyl (C=O) groups excluding carboxylic acids is 1. The lowest BCUT2D eigenvalue weighted by Gasteiger charge is -2.16. The number of alkyl halides is 4. The summed E-state index contributed by atoms with van der Waals surface area (Å²) < 4.78 is 61.3. The number of carbonyl (C=O) groups is 1. The third-order valence-electron chi connectivity index (χ3n) is 4.28. The lowest BCUT2D eigenvalue weighted by molar-refractivity contribution is -0.168. The average Bonchev–Trinajstić information content (AvgIpc) is 3.18. The van der Waals surface area contributed by atoms with E-state index in [1.165, 1.54) is 30.7 Å². The van der Waals surface area contributed by atoms with Crippen LogP contribution in [0.1, 0.15) is 21.5 Å². The molecule has 0 aliphatic carbocycles. The normalized spacial score (nSPS) is 12.1. The van der Waals surface area contributed by atoms with Crippen LogP contribution in [-0.2, 0) is 11.3 Å². The second kappa shape index (κ2) is 9.88. The first-order valence-corrected chi connectivity index (χ1v) is 9.90. The molecule has 0 atom stereocenters. The standard InChI is InChI=1S/C21H18F4N2O3S/c1-29-17-7-6-13(8-14(17)10-30-12-21(24,25)20(22)23)9-26-27-19(28)16-11-31-18-5-3-2-4-15(16)18/h2-9,11,20H,10,12H2,1H3,(H,27,28). The monoisotopic (exact) mass is 454 g/mol. The first-order valence-electron chi connectivity index (χ1n) is 9.02. The third-order valence-corrected chi connectivity index (χ3v) is 5.24. The first-order chi connectivity index (χ1) is 14.8. The van der Waals surface area contributed by atoms with Gasteiger partial charge in [0, 0.05) is 21.0 Å². The van der Waals surface area contributed by atoms with Crippen molar-refractivity contribution in [1.29, 1.82) is 0 Å². The van der Waals surface area contributed by atoms with E-state index in [9.17, 15) is 22.4 Å². The van der Waals surface area contributed by atoms with E-state index in [0.29, 0.717) is 22.4 Å². The van der Waals surface area contributed by atoms with E-state index in [-0.39, 0.29) is 12.5 Å². The molecule has 0 saturated heterocycles. The van der Waals surface area contributed by atoms with Crippen molar-refractivity contribution < 1.29 is 31.8 Å². The summed E-state index contributed by atoms with van der Waals surface area (Å²) in [6.45, 7) is -1.78. The summed E-state index contributed by atoms with van der Waals surface area (Å²) in [6.07, 6.45) is -2.44. The van der Waals surface area contributed by atoms with Crippen molar-refractivity contribution in [3.8, 4) is 5.75 Å². The van der Waals surface area contributed by atoms with Gasteiger partial charge in [0.2, 0.25) is 0 Å². The van der Waals surface area contributed by atoms with Crippen LogP contribution < -0.4 is 10.2 Å². The van der Waals surface area contributed by atoms with Crippen molar-refractivity contribution >= 4 is 33.5 Å². The second-order valence-electron chi connectivity index (χ2n) is 6.47. The number of ether oxygens (including phenoxy) is 2. The molecular formula is C21H18F4N2O3S. The molecule has 1 N–H and O–H groups in total. The smallest absolute Gasteiger partial charge is 0.330 e. The fourth-order valence-electron chi connectivity index (χ4n) is 2.73. The zero-order valence-electron chi connectivity index (χ0n) is 16.3. The highest BCUT2D eigenvalue weighted by Crippen LogP contribution is 2.26. The third kappa shape index (κ3) is 5.59. The number of amides is 1. The zero-order valence-corrected chi connectivity index (χ0v) is 17.1. The maximum Gasteiger partial charge on any atom is 0.330 e. The summed E-state index contributed by atoms with van der Waals surface area (Å²) in [5.74, 6) is -4.27. The summed E-state index contributed by atoms with van der Waals surface area (Å²) >= 11 is 1.45. The molecule has 1 amide bonds. The van der Waals surface area contributed by atoms with Crippen LogP contribution in [0.3, 0.4) is 0 Å². The Morgan fingerprint density at radius 1 is 1.26 bits per heavy atom. The van der Waals surface area contributed by atoms with Gasteiger partial charge >= 0.3 is 12.3 Å². The van der Waals surface area contributed by atoms with Gasteiger partial charge in [0.05, 0.1) is 25.5 Å². The van der Waals surface area contributed by atoms with Crippen molar-refractivity contribution in [1.82, 2.24) is 5.43 Å². The molecule has 0 aliphatic heterocycles. The van der Waals surface area contributed by atoms with Crippen molar-refractivity contribution in [2.45, 2.75) is 19.0 Å². The molecule has 2 aromatic carbocycles. The molecule has 0 fully saturated rings. The van der Waals surface area contributed by atoms with E-state index in [2.05, 4.69) is 10.5 Å². The summed E-state index contributed by atoms with van der Waals surface area (Å²) in [5, 5.41) is 6.49. The quantitative estimate of drug-likeness (QED) is 0.278. The van der Waals surface area contributed by atoms with E-state index in [0.717, 1.165) is 10.1 Å². The number of hydrazone groups is 1. The largest absolute Gasteiger partial charge is 0.496 e. The maximum atomic E-state index is 13.0. The number of thiophene rings is 1. The van der Waals surface area contributed by atoms with Crippen LogP contribution in [0.2, 0.25) is 0 Å². The zero-order chi connectivity index (χ0) is 22.4. The molecular weight excluding hydrogens is 436 g/mol. The highest BCUT2D eigenvalue weighted by molar-refractivity contribution is 7.17. The highest BCUT2D eigenvalue weighted by atomic mass is 32.1. The molecule has 5 nitrogen and oxygen atoms in total. The lowest BCUT2D eigenvalue weighted by atomic mass is 10.1. The molecule has 31 heavy (non-hydrogen) atoms. The predicted molar refractivity (Wildman–Crippen MR) is 110 cm³/mol. The Balaban J connectivity index is 1.65. The number of methoxy groups -OCH3 is 1. The van der Waals surface area contributed by atoms with Gasteiger partial charge in [0.25, 0.3) is 5.91 Å². The van der Waals surface area contributed by atoms with Crippen LogP contribution >= 0.6 is 11.3 Å². The van der Waals surface area contributed by atoms with E-state index in [4.69, 9.17) is 9.47 Å². The summed E-state index contributed by atoms with van der Waals surface area (Å²) in [6, 6.07) is 12.2. The summed E-state index contributed by atoms with van der Waals surface area (Å²) in [5.41, 5.74) is 3.83. The molecule has 0 unspecified atom stereocenters. The van der Waals surface area contributed by atoms with E-state index in [1.54, 1.807) is 17.5 Å². The van der Waals surface area contributed by atoms with Crippen molar-refractivity contribution in [3.63, 3.8) is 0 Å².